The highest BCUT2D eigenvalue weighted by Gasteiger charge is 2.29. The highest BCUT2D eigenvalue weighted by Crippen LogP contribution is 2.16. The predicted octanol–water partition coefficient (Wildman–Crippen LogP) is 0.861. The largest absolute Gasteiger partial charge is 0.484 e. The molecule has 0 spiro atoms. The van der Waals surface area contributed by atoms with E-state index in [1.165, 1.54) is 41.1 Å². The molecular formula is C17H21FN4O4S. The number of ether oxygens (including phenoxy) is 1. The van der Waals surface area contributed by atoms with E-state index in [1.54, 1.807) is 16.5 Å². The van der Waals surface area contributed by atoms with Gasteiger partial charge < -0.3 is 14.2 Å². The number of aromatic nitrogens is 2. The maximum Gasteiger partial charge on any atom is 0.262 e. The van der Waals surface area contributed by atoms with Crippen LogP contribution in [0.4, 0.5) is 4.39 Å². The van der Waals surface area contributed by atoms with Crippen LogP contribution >= 0.6 is 0 Å². The first-order valence-electron chi connectivity index (χ1n) is 8.50. The first kappa shape index (κ1) is 19.3. The molecule has 3 rings (SSSR count). The minimum Gasteiger partial charge on any atom is -0.484 e. The summed E-state index contributed by atoms with van der Waals surface area (Å²) in [6.07, 6.45) is 3.42. The van der Waals surface area contributed by atoms with Gasteiger partial charge in [0.2, 0.25) is 0 Å². The molecule has 0 saturated carbocycles. The summed E-state index contributed by atoms with van der Waals surface area (Å²) in [5, 5.41) is 0.00409. The van der Waals surface area contributed by atoms with Crippen molar-refractivity contribution in [2.24, 2.45) is 7.05 Å². The molecular weight excluding hydrogens is 375 g/mol. The van der Waals surface area contributed by atoms with Crippen molar-refractivity contribution < 1.29 is 22.3 Å². The summed E-state index contributed by atoms with van der Waals surface area (Å²) in [5.41, 5.74) is 0. The minimum absolute atomic E-state index is 0.00409. The molecule has 10 heteroatoms. The van der Waals surface area contributed by atoms with Crippen LogP contribution in [0, 0.1) is 5.82 Å². The molecule has 0 radical (unpaired) electrons. The Labute approximate surface area is 157 Å². The lowest BCUT2D eigenvalue weighted by Gasteiger charge is -2.21. The van der Waals surface area contributed by atoms with E-state index in [1.807, 2.05) is 0 Å². The molecule has 1 aliphatic heterocycles. The van der Waals surface area contributed by atoms with E-state index in [9.17, 15) is 17.6 Å². The van der Waals surface area contributed by atoms with Gasteiger partial charge in [0.15, 0.2) is 11.6 Å². The Kier molecular flexibility index (Phi) is 5.76. The van der Waals surface area contributed by atoms with Gasteiger partial charge in [-0.15, -0.1) is 0 Å². The Morgan fingerprint density at radius 3 is 2.59 bits per heavy atom. The molecule has 0 aliphatic carbocycles. The third-order valence-electron chi connectivity index (χ3n) is 4.27. The van der Waals surface area contributed by atoms with Gasteiger partial charge in [0.05, 0.1) is 6.33 Å². The van der Waals surface area contributed by atoms with E-state index in [-0.39, 0.29) is 36.4 Å². The number of rotatable bonds is 5. The average Bonchev–Trinajstić information content (AvgIpc) is 2.93. The van der Waals surface area contributed by atoms with Crippen LogP contribution in [0.25, 0.3) is 0 Å². The van der Waals surface area contributed by atoms with Crippen molar-refractivity contribution >= 4 is 15.9 Å². The maximum atomic E-state index is 12.9. The fraction of sp³-hybridized carbons (Fsp3) is 0.412. The summed E-state index contributed by atoms with van der Waals surface area (Å²) in [6, 6.07) is 5.41. The van der Waals surface area contributed by atoms with Crippen molar-refractivity contribution in [3.63, 3.8) is 0 Å². The number of carbonyl (C=O) groups is 1. The minimum atomic E-state index is -3.68. The third kappa shape index (κ3) is 4.64. The van der Waals surface area contributed by atoms with Gasteiger partial charge in [-0.05, 0) is 30.7 Å². The Hall–Kier alpha value is -2.46. The lowest BCUT2D eigenvalue weighted by molar-refractivity contribution is -0.133. The third-order valence-corrected chi connectivity index (χ3v) is 6.05. The van der Waals surface area contributed by atoms with Crippen LogP contribution in [0.15, 0.2) is 41.8 Å². The van der Waals surface area contributed by atoms with Crippen LogP contribution in [-0.4, -0.2) is 65.9 Å². The molecule has 146 valence electrons. The Morgan fingerprint density at radius 2 is 1.93 bits per heavy atom. The first-order chi connectivity index (χ1) is 12.9. The average molecular weight is 396 g/mol. The van der Waals surface area contributed by atoms with E-state index in [0.29, 0.717) is 25.3 Å². The topological polar surface area (TPSA) is 84.7 Å². The number of imidazole rings is 1. The summed E-state index contributed by atoms with van der Waals surface area (Å²) in [5.74, 6) is -0.217. The number of amides is 1. The molecule has 1 fully saturated rings. The van der Waals surface area contributed by atoms with Crippen LogP contribution < -0.4 is 4.74 Å². The van der Waals surface area contributed by atoms with Crippen molar-refractivity contribution in [1.82, 2.24) is 18.8 Å². The Balaban J connectivity index is 1.57. The van der Waals surface area contributed by atoms with Gasteiger partial charge in [-0.25, -0.2) is 17.8 Å². The van der Waals surface area contributed by atoms with Gasteiger partial charge in [0.25, 0.3) is 15.9 Å². The van der Waals surface area contributed by atoms with Crippen molar-refractivity contribution in [3.05, 3.63) is 42.6 Å². The molecule has 0 bridgehead atoms. The predicted molar refractivity (Wildman–Crippen MR) is 95.1 cm³/mol. The number of benzene rings is 1. The van der Waals surface area contributed by atoms with Gasteiger partial charge in [0, 0.05) is 39.4 Å². The number of carbonyl (C=O) groups excluding carboxylic acids is 1. The summed E-state index contributed by atoms with van der Waals surface area (Å²) in [6.45, 7) is 1.05. The zero-order valence-electron chi connectivity index (χ0n) is 14.9. The van der Waals surface area contributed by atoms with E-state index in [2.05, 4.69) is 4.98 Å². The van der Waals surface area contributed by atoms with Crippen LogP contribution in [-0.2, 0) is 21.9 Å². The second-order valence-corrected chi connectivity index (χ2v) is 8.14. The first-order valence-corrected chi connectivity index (χ1v) is 9.94. The van der Waals surface area contributed by atoms with E-state index in [4.69, 9.17) is 4.74 Å². The second kappa shape index (κ2) is 8.05. The molecule has 1 amide bonds. The van der Waals surface area contributed by atoms with Crippen LogP contribution in [0.2, 0.25) is 0 Å². The van der Waals surface area contributed by atoms with E-state index in [0.717, 1.165) is 0 Å². The van der Waals surface area contributed by atoms with Gasteiger partial charge in [0.1, 0.15) is 11.6 Å². The number of sulfonamides is 1. The smallest absolute Gasteiger partial charge is 0.262 e. The highest BCUT2D eigenvalue weighted by atomic mass is 32.2. The standard InChI is InChI=1S/C17H21FN4O4S/c1-20-11-16(19-13-20)27(24,25)22-8-2-7-21(9-10-22)17(23)12-26-15-5-3-14(18)4-6-15/h3-6,11,13H,2,7-10,12H2,1H3. The molecule has 0 N–H and O–H groups in total. The molecule has 1 aromatic carbocycles. The maximum absolute atomic E-state index is 12.9. The molecule has 1 aliphatic rings. The van der Waals surface area contributed by atoms with E-state index < -0.39 is 10.0 Å². The number of aryl methyl sites for hydroxylation is 1. The lowest BCUT2D eigenvalue weighted by Crippen LogP contribution is -2.39. The molecule has 1 saturated heterocycles. The summed E-state index contributed by atoms with van der Waals surface area (Å²) in [4.78, 5) is 17.9. The summed E-state index contributed by atoms with van der Waals surface area (Å²) < 4.78 is 46.5. The Morgan fingerprint density at radius 1 is 1.19 bits per heavy atom. The van der Waals surface area contributed by atoms with E-state index >= 15 is 0 Å². The molecule has 2 heterocycles. The van der Waals surface area contributed by atoms with Gasteiger partial charge in [-0.3, -0.25) is 4.79 Å². The monoisotopic (exact) mass is 396 g/mol. The normalized spacial score (nSPS) is 16.1. The summed E-state index contributed by atoms with van der Waals surface area (Å²) >= 11 is 0. The molecule has 27 heavy (non-hydrogen) atoms. The zero-order chi connectivity index (χ0) is 19.4. The zero-order valence-corrected chi connectivity index (χ0v) is 15.7. The van der Waals surface area contributed by atoms with Crippen molar-refractivity contribution in [2.75, 3.05) is 32.8 Å². The number of nitrogens with zero attached hydrogens (tertiary/aromatic N) is 4. The van der Waals surface area contributed by atoms with Gasteiger partial charge >= 0.3 is 0 Å². The van der Waals surface area contributed by atoms with Crippen molar-refractivity contribution in [2.45, 2.75) is 11.4 Å². The van der Waals surface area contributed by atoms with Crippen LogP contribution in [0.5, 0.6) is 5.75 Å². The molecule has 0 unspecified atom stereocenters. The SMILES string of the molecule is Cn1cnc(S(=O)(=O)N2CCCN(C(=O)COc3ccc(F)cc3)CC2)c1. The quantitative estimate of drug-likeness (QED) is 0.749. The molecule has 1 aromatic heterocycles. The summed E-state index contributed by atoms with van der Waals surface area (Å²) in [7, 11) is -1.97. The second-order valence-electron chi connectivity index (χ2n) is 6.26. The number of halogens is 1. The lowest BCUT2D eigenvalue weighted by atomic mass is 10.3. The Bertz CT molecular complexity index is 898. The van der Waals surface area contributed by atoms with Crippen LogP contribution in [0.3, 0.4) is 0 Å². The number of hydrogen-bond acceptors (Lipinski definition) is 5. The van der Waals surface area contributed by atoms with Crippen molar-refractivity contribution in [3.8, 4) is 5.75 Å². The van der Waals surface area contributed by atoms with Crippen LogP contribution in [0.1, 0.15) is 6.42 Å². The molecule has 0 atom stereocenters. The molecule has 8 nitrogen and oxygen atoms in total. The molecule has 2 aromatic rings. The van der Waals surface area contributed by atoms with Crippen molar-refractivity contribution in [1.29, 1.82) is 0 Å². The fourth-order valence-corrected chi connectivity index (χ4v) is 4.24. The van der Waals surface area contributed by atoms with Gasteiger partial charge in [-0.2, -0.15) is 4.31 Å². The highest BCUT2D eigenvalue weighted by molar-refractivity contribution is 7.89. The fourth-order valence-electron chi connectivity index (χ4n) is 2.81. The number of hydrogen-bond donors (Lipinski definition) is 0. The van der Waals surface area contributed by atoms with Gasteiger partial charge in [-0.1, -0.05) is 0 Å².